The Morgan fingerprint density at radius 3 is 2.55 bits per heavy atom. The van der Waals surface area contributed by atoms with Crippen LogP contribution in [0.1, 0.15) is 92.4 Å². The summed E-state index contributed by atoms with van der Waals surface area (Å²) in [7, 11) is 1.67. The molecular formula is C27H30N2O4. The summed E-state index contributed by atoms with van der Waals surface area (Å²) < 4.78 is 7.42. The normalized spacial score (nSPS) is 20.4. The van der Waals surface area contributed by atoms with Crippen LogP contribution in [0, 0.1) is 11.8 Å². The lowest BCUT2D eigenvalue weighted by Crippen LogP contribution is -2.50. The van der Waals surface area contributed by atoms with Crippen LogP contribution in [0.4, 0.5) is 0 Å². The molecule has 0 unspecified atom stereocenters. The monoisotopic (exact) mass is 446 g/mol. The summed E-state index contributed by atoms with van der Waals surface area (Å²) in [5.41, 5.74) is 3.79. The highest BCUT2D eigenvalue weighted by Crippen LogP contribution is 2.50. The molecule has 0 amide bonds. The first-order valence-corrected chi connectivity index (χ1v) is 11.6. The molecule has 1 atom stereocenters. The molecular weight excluding hydrogens is 416 g/mol. The van der Waals surface area contributed by atoms with E-state index < -0.39 is 17.0 Å². The molecule has 33 heavy (non-hydrogen) atoms. The summed E-state index contributed by atoms with van der Waals surface area (Å²) in [6.07, 6.45) is 5.69. The van der Waals surface area contributed by atoms with Crippen LogP contribution in [0.25, 0.3) is 11.3 Å². The number of hydrogen-bond donors (Lipinski definition) is 1. The predicted octanol–water partition coefficient (Wildman–Crippen LogP) is 4.43. The second kappa shape index (κ2) is 7.23. The molecule has 0 bridgehead atoms. The zero-order chi connectivity index (χ0) is 23.7. The molecule has 1 saturated heterocycles. The number of hydrogen-bond acceptors (Lipinski definition) is 4. The summed E-state index contributed by atoms with van der Waals surface area (Å²) >= 11 is 0. The van der Waals surface area contributed by atoms with E-state index in [1.807, 2.05) is 18.5 Å². The van der Waals surface area contributed by atoms with Crippen molar-refractivity contribution in [2.75, 3.05) is 12.1 Å². The number of benzene rings is 1. The molecule has 3 heterocycles. The molecule has 3 aliphatic rings. The van der Waals surface area contributed by atoms with Gasteiger partial charge in [0.2, 0.25) is 0 Å². The average Bonchev–Trinajstić information content (AvgIpc) is 3.55. The van der Waals surface area contributed by atoms with Crippen molar-refractivity contribution in [1.82, 2.24) is 4.68 Å². The van der Waals surface area contributed by atoms with Crippen LogP contribution in [0.15, 0.2) is 29.2 Å². The SMILES string of the molecule is COC(C)(C)C#Cc1cc2c(cc1C1CC1)-c1cc(=O)c(C(=O)O)cn1N1[C@@H]2CCC1(C)C. The number of aromatic nitrogens is 1. The summed E-state index contributed by atoms with van der Waals surface area (Å²) in [6, 6.07) is 5.99. The number of methoxy groups -OCH3 is 1. The molecule has 0 radical (unpaired) electrons. The van der Waals surface area contributed by atoms with E-state index in [0.29, 0.717) is 5.92 Å². The van der Waals surface area contributed by atoms with Gasteiger partial charge in [-0.25, -0.2) is 4.79 Å². The molecule has 6 nitrogen and oxygen atoms in total. The number of fused-ring (bicyclic) bond motifs is 6. The van der Waals surface area contributed by atoms with Crippen molar-refractivity contribution in [2.24, 2.45) is 0 Å². The van der Waals surface area contributed by atoms with Gasteiger partial charge >= 0.3 is 5.97 Å². The lowest BCUT2D eigenvalue weighted by atomic mass is 9.88. The zero-order valence-electron chi connectivity index (χ0n) is 19.9. The zero-order valence-corrected chi connectivity index (χ0v) is 19.9. The van der Waals surface area contributed by atoms with Gasteiger partial charge in [0.15, 0.2) is 5.43 Å². The van der Waals surface area contributed by atoms with Crippen LogP contribution in [-0.4, -0.2) is 34.0 Å². The summed E-state index contributed by atoms with van der Waals surface area (Å²) in [5.74, 6) is 5.95. The number of rotatable bonds is 3. The predicted molar refractivity (Wildman–Crippen MR) is 127 cm³/mol. The first kappa shape index (κ1) is 21.8. The average molecular weight is 447 g/mol. The second-order valence-corrected chi connectivity index (χ2v) is 10.6. The van der Waals surface area contributed by atoms with E-state index in [9.17, 15) is 14.7 Å². The highest BCUT2D eigenvalue weighted by molar-refractivity contribution is 5.88. The van der Waals surface area contributed by atoms with Crippen molar-refractivity contribution in [3.8, 4) is 23.1 Å². The quantitative estimate of drug-likeness (QED) is 0.706. The van der Waals surface area contributed by atoms with E-state index in [1.54, 1.807) is 7.11 Å². The van der Waals surface area contributed by atoms with E-state index in [2.05, 4.69) is 42.8 Å². The van der Waals surface area contributed by atoms with Gasteiger partial charge in [-0.1, -0.05) is 11.8 Å². The molecule has 6 heteroatoms. The third kappa shape index (κ3) is 3.55. The number of ether oxygens (including phenoxy) is 1. The third-order valence-electron chi connectivity index (χ3n) is 7.32. The number of aromatic carboxylic acids is 1. The minimum atomic E-state index is -1.19. The van der Waals surface area contributed by atoms with Gasteiger partial charge in [-0.3, -0.25) is 14.5 Å². The molecule has 2 fully saturated rings. The maximum atomic E-state index is 12.7. The maximum absolute atomic E-state index is 12.7. The van der Waals surface area contributed by atoms with Gasteiger partial charge in [-0.15, -0.1) is 0 Å². The molecule has 1 aliphatic carbocycles. The van der Waals surface area contributed by atoms with Gasteiger partial charge in [-0.2, -0.15) is 0 Å². The number of carboxylic acids is 1. The molecule has 2 aliphatic heterocycles. The Hall–Kier alpha value is -3.04. The van der Waals surface area contributed by atoms with Crippen molar-refractivity contribution in [1.29, 1.82) is 0 Å². The standard InChI is InChI=1S/C27H30N2O4/c1-26(2)10-9-22-19-12-17(8-11-27(3,4)33-5)18(16-6-7-16)13-20(19)23-14-24(30)21(25(31)32)15-28(23)29(22)26/h12-16,22H,6-7,9-10H2,1-5H3,(H,31,32)/t22-/m1/s1. The Morgan fingerprint density at radius 1 is 1.18 bits per heavy atom. The molecule has 172 valence electrons. The molecule has 1 aromatic carbocycles. The first-order valence-electron chi connectivity index (χ1n) is 11.6. The first-order chi connectivity index (χ1) is 15.5. The Balaban J connectivity index is 1.77. The number of nitrogens with zero attached hydrogens (tertiary/aromatic N) is 2. The van der Waals surface area contributed by atoms with Crippen molar-refractivity contribution >= 4 is 5.97 Å². The van der Waals surface area contributed by atoms with Crippen molar-refractivity contribution in [3.63, 3.8) is 0 Å². The van der Waals surface area contributed by atoms with Crippen molar-refractivity contribution < 1.29 is 14.6 Å². The highest BCUT2D eigenvalue weighted by atomic mass is 16.5. The van der Waals surface area contributed by atoms with Crippen LogP contribution >= 0.6 is 0 Å². The van der Waals surface area contributed by atoms with Gasteiger partial charge in [0.05, 0.1) is 17.3 Å². The van der Waals surface area contributed by atoms with Gasteiger partial charge in [-0.05, 0) is 82.6 Å². The number of carboxylic acid groups (broad SMARTS) is 1. The molecule has 2 aromatic rings. The van der Waals surface area contributed by atoms with Gasteiger partial charge < -0.3 is 9.84 Å². The Morgan fingerprint density at radius 2 is 1.91 bits per heavy atom. The van der Waals surface area contributed by atoms with E-state index in [0.717, 1.165) is 48.1 Å². The Kier molecular flexibility index (Phi) is 4.77. The van der Waals surface area contributed by atoms with Gasteiger partial charge in [0, 0.05) is 30.5 Å². The molecule has 1 N–H and O–H groups in total. The lowest BCUT2D eigenvalue weighted by molar-refractivity contribution is 0.0693. The largest absolute Gasteiger partial charge is 0.477 e. The summed E-state index contributed by atoms with van der Waals surface area (Å²) in [6.45, 7) is 8.25. The number of pyridine rings is 1. The Bertz CT molecular complexity index is 1290. The van der Waals surface area contributed by atoms with Gasteiger partial charge in [0.1, 0.15) is 11.2 Å². The second-order valence-electron chi connectivity index (χ2n) is 10.6. The van der Waals surface area contributed by atoms with E-state index in [1.165, 1.54) is 17.8 Å². The lowest BCUT2D eigenvalue weighted by Gasteiger charge is -2.44. The van der Waals surface area contributed by atoms with Crippen molar-refractivity contribution in [2.45, 2.75) is 76.5 Å². The summed E-state index contributed by atoms with van der Waals surface area (Å²) in [5, 5.41) is 11.8. The van der Waals surface area contributed by atoms with E-state index in [4.69, 9.17) is 4.74 Å². The molecule has 1 aromatic heterocycles. The van der Waals surface area contributed by atoms with Crippen LogP contribution < -0.4 is 10.4 Å². The van der Waals surface area contributed by atoms with Crippen LogP contribution in [-0.2, 0) is 4.74 Å². The van der Waals surface area contributed by atoms with Gasteiger partial charge in [0.25, 0.3) is 0 Å². The molecule has 0 spiro atoms. The third-order valence-corrected chi connectivity index (χ3v) is 7.32. The molecule has 1 saturated carbocycles. The highest BCUT2D eigenvalue weighted by Gasteiger charge is 2.45. The minimum Gasteiger partial charge on any atom is -0.477 e. The van der Waals surface area contributed by atoms with Crippen LogP contribution in [0.3, 0.4) is 0 Å². The van der Waals surface area contributed by atoms with Crippen LogP contribution in [0.5, 0.6) is 0 Å². The number of carbonyl (C=O) groups is 1. The van der Waals surface area contributed by atoms with Crippen LogP contribution in [0.2, 0.25) is 0 Å². The topological polar surface area (TPSA) is 71.8 Å². The summed E-state index contributed by atoms with van der Waals surface area (Å²) in [4.78, 5) is 24.4. The van der Waals surface area contributed by atoms with Crippen molar-refractivity contribution in [3.05, 3.63) is 56.9 Å². The van der Waals surface area contributed by atoms with E-state index in [-0.39, 0.29) is 17.1 Å². The maximum Gasteiger partial charge on any atom is 0.341 e. The fourth-order valence-electron chi connectivity index (χ4n) is 5.18. The van der Waals surface area contributed by atoms with E-state index >= 15 is 0 Å². The fourth-order valence-corrected chi connectivity index (χ4v) is 5.18. The molecule has 5 rings (SSSR count). The smallest absolute Gasteiger partial charge is 0.341 e. The Labute approximate surface area is 194 Å². The fraction of sp³-hybridized carbons (Fsp3) is 0.481. The minimum absolute atomic E-state index is 0.0934.